The first-order valence-corrected chi connectivity index (χ1v) is 8.24. The predicted octanol–water partition coefficient (Wildman–Crippen LogP) is 0.845. The molecule has 0 aromatic carbocycles. The smallest absolute Gasteiger partial charge is 0.223 e. The number of carbonyl (C=O) groups is 1. The van der Waals surface area contributed by atoms with Crippen molar-refractivity contribution in [3.63, 3.8) is 0 Å². The molecule has 1 aromatic heterocycles. The van der Waals surface area contributed by atoms with Crippen LogP contribution in [0, 0.1) is 5.92 Å². The second-order valence-electron chi connectivity index (χ2n) is 6.89. The van der Waals surface area contributed by atoms with Gasteiger partial charge in [-0.3, -0.25) is 9.48 Å². The molecular weight excluding hydrogens is 278 g/mol. The van der Waals surface area contributed by atoms with Crippen molar-refractivity contribution in [1.82, 2.24) is 20.0 Å². The van der Waals surface area contributed by atoms with Crippen molar-refractivity contribution >= 4 is 11.7 Å². The molecule has 2 heterocycles. The number of hydrogen-bond acceptors (Lipinski definition) is 4. The van der Waals surface area contributed by atoms with Gasteiger partial charge in [0.25, 0.3) is 0 Å². The molecule has 1 unspecified atom stereocenters. The van der Waals surface area contributed by atoms with E-state index in [-0.39, 0.29) is 17.9 Å². The molecule has 6 heteroatoms. The standard InChI is InChI=1S/C16H27N5O/c1-19(2)14-9-12(10-14)16(22)18-13-5-4-8-21(11-13)15-6-7-17-20(15)3/h6-7,12-14H,4-5,8-11H2,1-3H3,(H,18,22). The minimum atomic E-state index is 0.208. The van der Waals surface area contributed by atoms with E-state index in [9.17, 15) is 4.79 Å². The molecule has 122 valence electrons. The van der Waals surface area contributed by atoms with Gasteiger partial charge < -0.3 is 15.1 Å². The summed E-state index contributed by atoms with van der Waals surface area (Å²) in [4.78, 5) is 16.9. The SMILES string of the molecule is CN(C)C1CC(C(=O)NC2CCCN(c3ccnn3C)C2)C1. The molecule has 3 rings (SSSR count). The quantitative estimate of drug-likeness (QED) is 0.896. The zero-order chi connectivity index (χ0) is 15.7. The summed E-state index contributed by atoms with van der Waals surface area (Å²) in [6, 6.07) is 2.88. The van der Waals surface area contributed by atoms with E-state index >= 15 is 0 Å². The molecule has 1 aliphatic heterocycles. The Morgan fingerprint density at radius 1 is 1.41 bits per heavy atom. The molecule has 0 radical (unpaired) electrons. The molecule has 1 saturated heterocycles. The van der Waals surface area contributed by atoms with E-state index in [0.29, 0.717) is 6.04 Å². The number of amides is 1. The third-order valence-corrected chi connectivity index (χ3v) is 5.10. The lowest BCUT2D eigenvalue weighted by atomic mass is 9.79. The van der Waals surface area contributed by atoms with Gasteiger partial charge in [0.15, 0.2) is 0 Å². The number of aromatic nitrogens is 2. The van der Waals surface area contributed by atoms with Gasteiger partial charge in [0.2, 0.25) is 5.91 Å². The fourth-order valence-electron chi connectivity index (χ4n) is 3.52. The molecule has 1 N–H and O–H groups in total. The molecule has 6 nitrogen and oxygen atoms in total. The van der Waals surface area contributed by atoms with Crippen LogP contribution in [0.3, 0.4) is 0 Å². The molecular formula is C16H27N5O. The first-order valence-electron chi connectivity index (χ1n) is 8.24. The van der Waals surface area contributed by atoms with Gasteiger partial charge in [-0.25, -0.2) is 0 Å². The Morgan fingerprint density at radius 2 is 2.18 bits per heavy atom. The normalized spacial score (nSPS) is 28.5. The summed E-state index contributed by atoms with van der Waals surface area (Å²) in [6.45, 7) is 1.92. The Labute approximate surface area is 132 Å². The van der Waals surface area contributed by atoms with Gasteiger partial charge in [-0.2, -0.15) is 5.10 Å². The molecule has 1 aromatic rings. The van der Waals surface area contributed by atoms with Gasteiger partial charge in [-0.1, -0.05) is 0 Å². The predicted molar refractivity (Wildman–Crippen MR) is 86.8 cm³/mol. The third-order valence-electron chi connectivity index (χ3n) is 5.10. The fourth-order valence-corrected chi connectivity index (χ4v) is 3.52. The average molecular weight is 305 g/mol. The van der Waals surface area contributed by atoms with Crippen LogP contribution in [0.4, 0.5) is 5.82 Å². The minimum absolute atomic E-state index is 0.208. The second-order valence-corrected chi connectivity index (χ2v) is 6.89. The Hall–Kier alpha value is -1.56. The van der Waals surface area contributed by atoms with Gasteiger partial charge in [-0.15, -0.1) is 0 Å². The monoisotopic (exact) mass is 305 g/mol. The lowest BCUT2D eigenvalue weighted by Gasteiger charge is -2.40. The van der Waals surface area contributed by atoms with E-state index in [1.807, 2.05) is 24.0 Å². The Balaban J connectivity index is 1.51. The van der Waals surface area contributed by atoms with E-state index < -0.39 is 0 Å². The fraction of sp³-hybridized carbons (Fsp3) is 0.750. The van der Waals surface area contributed by atoms with Gasteiger partial charge in [0.05, 0.1) is 6.20 Å². The molecule has 0 bridgehead atoms. The molecule has 1 amide bonds. The number of hydrogen-bond donors (Lipinski definition) is 1. The topological polar surface area (TPSA) is 53.4 Å². The van der Waals surface area contributed by atoms with Crippen molar-refractivity contribution in [3.8, 4) is 0 Å². The van der Waals surface area contributed by atoms with E-state index in [4.69, 9.17) is 0 Å². The van der Waals surface area contributed by atoms with E-state index in [1.54, 1.807) is 0 Å². The maximum absolute atomic E-state index is 12.4. The van der Waals surface area contributed by atoms with Crippen molar-refractivity contribution in [2.45, 2.75) is 37.8 Å². The Morgan fingerprint density at radius 3 is 2.82 bits per heavy atom. The average Bonchev–Trinajstić information content (AvgIpc) is 2.83. The van der Waals surface area contributed by atoms with Crippen LogP contribution in [0.5, 0.6) is 0 Å². The number of nitrogens with one attached hydrogen (secondary N) is 1. The van der Waals surface area contributed by atoms with Gasteiger partial charge in [0.1, 0.15) is 5.82 Å². The number of anilines is 1. The number of aryl methyl sites for hydroxylation is 1. The van der Waals surface area contributed by atoms with E-state index in [2.05, 4.69) is 34.3 Å². The summed E-state index contributed by atoms with van der Waals surface area (Å²) in [5, 5.41) is 7.50. The minimum Gasteiger partial charge on any atom is -0.355 e. The molecule has 1 atom stereocenters. The van der Waals surface area contributed by atoms with Crippen molar-refractivity contribution in [2.24, 2.45) is 13.0 Å². The maximum atomic E-state index is 12.4. The summed E-state index contributed by atoms with van der Waals surface area (Å²) < 4.78 is 1.90. The van der Waals surface area contributed by atoms with Crippen LogP contribution in [0.1, 0.15) is 25.7 Å². The van der Waals surface area contributed by atoms with Gasteiger partial charge in [0, 0.05) is 44.2 Å². The summed E-state index contributed by atoms with van der Waals surface area (Å²) in [5.41, 5.74) is 0. The van der Waals surface area contributed by atoms with E-state index in [1.165, 1.54) is 0 Å². The van der Waals surface area contributed by atoms with Crippen LogP contribution in [0.25, 0.3) is 0 Å². The van der Waals surface area contributed by atoms with Crippen molar-refractivity contribution < 1.29 is 4.79 Å². The highest BCUT2D eigenvalue weighted by Crippen LogP contribution is 2.31. The van der Waals surface area contributed by atoms with Crippen LogP contribution in [0.15, 0.2) is 12.3 Å². The zero-order valence-electron chi connectivity index (χ0n) is 13.8. The highest BCUT2D eigenvalue weighted by atomic mass is 16.2. The number of piperidine rings is 1. The van der Waals surface area contributed by atoms with Crippen molar-refractivity contribution in [2.75, 3.05) is 32.1 Å². The molecule has 22 heavy (non-hydrogen) atoms. The van der Waals surface area contributed by atoms with Crippen LogP contribution < -0.4 is 10.2 Å². The van der Waals surface area contributed by atoms with Crippen LogP contribution in [-0.2, 0) is 11.8 Å². The first kappa shape index (κ1) is 15.3. The molecule has 1 saturated carbocycles. The molecule has 1 aliphatic carbocycles. The second kappa shape index (κ2) is 6.28. The number of nitrogens with zero attached hydrogens (tertiary/aromatic N) is 4. The van der Waals surface area contributed by atoms with Gasteiger partial charge in [-0.05, 0) is 39.8 Å². The Bertz CT molecular complexity index is 520. The zero-order valence-corrected chi connectivity index (χ0v) is 13.8. The summed E-state index contributed by atoms with van der Waals surface area (Å²) in [5.74, 6) is 1.59. The highest BCUT2D eigenvalue weighted by molar-refractivity contribution is 5.80. The summed E-state index contributed by atoms with van der Waals surface area (Å²) in [6.07, 6.45) is 6.01. The molecule has 2 fully saturated rings. The van der Waals surface area contributed by atoms with E-state index in [0.717, 1.165) is 44.6 Å². The summed E-state index contributed by atoms with van der Waals surface area (Å²) in [7, 11) is 6.14. The van der Waals surface area contributed by atoms with Crippen LogP contribution >= 0.6 is 0 Å². The lowest BCUT2D eigenvalue weighted by molar-refractivity contribution is -0.130. The lowest BCUT2D eigenvalue weighted by Crippen LogP contribution is -2.53. The van der Waals surface area contributed by atoms with Crippen LogP contribution in [-0.4, -0.2) is 59.9 Å². The largest absolute Gasteiger partial charge is 0.355 e. The highest BCUT2D eigenvalue weighted by Gasteiger charge is 2.36. The van der Waals surface area contributed by atoms with Crippen molar-refractivity contribution in [3.05, 3.63) is 12.3 Å². The maximum Gasteiger partial charge on any atom is 0.223 e. The molecule has 2 aliphatic rings. The number of carbonyl (C=O) groups excluding carboxylic acids is 1. The summed E-state index contributed by atoms with van der Waals surface area (Å²) >= 11 is 0. The van der Waals surface area contributed by atoms with Crippen LogP contribution in [0.2, 0.25) is 0 Å². The molecule has 0 spiro atoms. The Kier molecular flexibility index (Phi) is 4.38. The number of rotatable bonds is 4. The third kappa shape index (κ3) is 3.11. The van der Waals surface area contributed by atoms with Gasteiger partial charge >= 0.3 is 0 Å². The first-order chi connectivity index (χ1) is 10.5. The van der Waals surface area contributed by atoms with Crippen molar-refractivity contribution in [1.29, 1.82) is 0 Å².